The summed E-state index contributed by atoms with van der Waals surface area (Å²) in [6.45, 7) is 1.73. The van der Waals surface area contributed by atoms with Crippen LogP contribution in [-0.4, -0.2) is 12.5 Å². The van der Waals surface area contributed by atoms with Crippen molar-refractivity contribution in [2.45, 2.75) is 6.92 Å². The van der Waals surface area contributed by atoms with Crippen LogP contribution in [0.2, 0.25) is 0 Å². The first-order chi connectivity index (χ1) is 3.77. The lowest BCUT2D eigenvalue weighted by molar-refractivity contribution is -0.135. The Labute approximate surface area is 48.1 Å². The first-order valence-electron chi connectivity index (χ1n) is 2.29. The van der Waals surface area contributed by atoms with Gasteiger partial charge in [0.25, 0.3) is 0 Å². The van der Waals surface area contributed by atoms with Crippen molar-refractivity contribution in [1.82, 2.24) is 0 Å². The summed E-state index contributed by atoms with van der Waals surface area (Å²) in [5.41, 5.74) is 5.04. The minimum absolute atomic E-state index is 0.324. The monoisotopic (exact) mass is 115 g/mol. The molecule has 0 rings (SSSR count). The summed E-state index contributed by atoms with van der Waals surface area (Å²) in [4.78, 5) is 10.0. The first-order valence-corrected chi connectivity index (χ1v) is 2.29. The van der Waals surface area contributed by atoms with Gasteiger partial charge in [-0.3, -0.25) is 4.79 Å². The van der Waals surface area contributed by atoms with E-state index in [1.54, 1.807) is 6.08 Å². The maximum Gasteiger partial charge on any atom is 0.307 e. The summed E-state index contributed by atoms with van der Waals surface area (Å²) in [5.74, 6) is -0.324. The van der Waals surface area contributed by atoms with Crippen LogP contribution in [0.1, 0.15) is 6.92 Å². The van der Waals surface area contributed by atoms with Gasteiger partial charge >= 0.3 is 5.97 Å². The van der Waals surface area contributed by atoms with E-state index in [1.165, 1.54) is 13.2 Å². The van der Waals surface area contributed by atoms with Gasteiger partial charge in [-0.1, -0.05) is 0 Å². The molecule has 46 valence electrons. The average Bonchev–Trinajstić information content (AvgIpc) is 1.66. The summed E-state index contributed by atoms with van der Waals surface area (Å²) in [6.07, 6.45) is 2.84. The number of hydrogen-bond acceptors (Lipinski definition) is 3. The molecule has 3 heteroatoms. The van der Waals surface area contributed by atoms with Crippen LogP contribution < -0.4 is 5.73 Å². The second kappa shape index (κ2) is 4.33. The minimum atomic E-state index is -0.324. The minimum Gasteiger partial charge on any atom is -0.435 e. The Kier molecular flexibility index (Phi) is 3.88. The number of ether oxygens (including phenoxy) is 1. The topological polar surface area (TPSA) is 52.3 Å². The van der Waals surface area contributed by atoms with Gasteiger partial charge in [-0.2, -0.15) is 0 Å². The Morgan fingerprint density at radius 1 is 1.88 bits per heavy atom. The molecule has 0 aliphatic rings. The third kappa shape index (κ3) is 5.17. The number of rotatable bonds is 2. The molecule has 0 amide bonds. The molecule has 0 heterocycles. The summed E-state index contributed by atoms with van der Waals surface area (Å²) >= 11 is 0. The molecule has 2 N–H and O–H groups in total. The fraction of sp³-hybridized carbons (Fsp3) is 0.400. The van der Waals surface area contributed by atoms with E-state index in [1.807, 2.05) is 0 Å². The lowest BCUT2D eigenvalue weighted by atomic mass is 10.6. The largest absolute Gasteiger partial charge is 0.435 e. The zero-order chi connectivity index (χ0) is 6.41. The Hall–Kier alpha value is -0.830. The van der Waals surface area contributed by atoms with Crippen molar-refractivity contribution >= 4 is 5.97 Å². The number of hydrogen-bond donors (Lipinski definition) is 1. The van der Waals surface area contributed by atoms with Crippen LogP contribution in [0.15, 0.2) is 12.3 Å². The van der Waals surface area contributed by atoms with Crippen molar-refractivity contribution < 1.29 is 9.53 Å². The normalized spacial score (nSPS) is 9.75. The maximum atomic E-state index is 10.0. The smallest absolute Gasteiger partial charge is 0.307 e. The molecular weight excluding hydrogens is 106 g/mol. The van der Waals surface area contributed by atoms with Gasteiger partial charge in [0.1, 0.15) is 0 Å². The Bertz CT molecular complexity index is 98.6. The third-order valence-electron chi connectivity index (χ3n) is 0.466. The van der Waals surface area contributed by atoms with Crippen molar-refractivity contribution in [2.75, 3.05) is 6.54 Å². The number of esters is 1. The summed E-state index contributed by atoms with van der Waals surface area (Å²) in [6, 6.07) is 0. The highest BCUT2D eigenvalue weighted by Crippen LogP contribution is 1.75. The van der Waals surface area contributed by atoms with E-state index in [-0.39, 0.29) is 5.97 Å². The maximum absolute atomic E-state index is 10.0. The van der Waals surface area contributed by atoms with Gasteiger partial charge in [-0.15, -0.1) is 0 Å². The molecule has 0 aromatic carbocycles. The van der Waals surface area contributed by atoms with Crippen molar-refractivity contribution in [3.8, 4) is 0 Å². The molecule has 0 radical (unpaired) electrons. The molecule has 0 saturated heterocycles. The van der Waals surface area contributed by atoms with Crippen LogP contribution in [-0.2, 0) is 9.53 Å². The van der Waals surface area contributed by atoms with E-state index in [2.05, 4.69) is 4.74 Å². The standard InChI is InChI=1S/C5H9NO2/c1-5(7)8-4-2-3-6/h2,4H,3,6H2,1H3/b4-2+. The van der Waals surface area contributed by atoms with E-state index in [0.29, 0.717) is 6.54 Å². The van der Waals surface area contributed by atoms with Crippen molar-refractivity contribution in [3.63, 3.8) is 0 Å². The van der Waals surface area contributed by atoms with E-state index in [9.17, 15) is 4.79 Å². The van der Waals surface area contributed by atoms with Gasteiger partial charge in [0.15, 0.2) is 0 Å². The third-order valence-corrected chi connectivity index (χ3v) is 0.466. The highest BCUT2D eigenvalue weighted by Gasteiger charge is 1.81. The average molecular weight is 115 g/mol. The van der Waals surface area contributed by atoms with Gasteiger partial charge in [-0.25, -0.2) is 0 Å². The van der Waals surface area contributed by atoms with Crippen LogP contribution in [0.3, 0.4) is 0 Å². The van der Waals surface area contributed by atoms with Gasteiger partial charge < -0.3 is 10.5 Å². The molecule has 0 aliphatic carbocycles. The fourth-order valence-electron chi connectivity index (χ4n) is 0.199. The fourth-order valence-corrected chi connectivity index (χ4v) is 0.199. The quantitative estimate of drug-likeness (QED) is 0.408. The van der Waals surface area contributed by atoms with Crippen molar-refractivity contribution in [3.05, 3.63) is 12.3 Å². The SMILES string of the molecule is CC(=O)O/C=C/CN. The van der Waals surface area contributed by atoms with E-state index < -0.39 is 0 Å². The first kappa shape index (κ1) is 7.17. The van der Waals surface area contributed by atoms with Gasteiger partial charge in [-0.05, 0) is 6.08 Å². The van der Waals surface area contributed by atoms with Crippen molar-refractivity contribution in [1.29, 1.82) is 0 Å². The number of nitrogens with two attached hydrogens (primary N) is 1. The molecule has 0 aromatic heterocycles. The molecule has 0 bridgehead atoms. The predicted octanol–water partition coefficient (Wildman–Crippen LogP) is 0.0219. The van der Waals surface area contributed by atoms with Crippen LogP contribution in [0, 0.1) is 0 Å². The highest BCUT2D eigenvalue weighted by molar-refractivity contribution is 5.66. The lowest BCUT2D eigenvalue weighted by Gasteiger charge is -1.86. The predicted molar refractivity (Wildman–Crippen MR) is 30.0 cm³/mol. The van der Waals surface area contributed by atoms with Crippen LogP contribution in [0.5, 0.6) is 0 Å². The van der Waals surface area contributed by atoms with Crippen LogP contribution in [0.4, 0.5) is 0 Å². The van der Waals surface area contributed by atoms with Crippen LogP contribution in [0.25, 0.3) is 0 Å². The molecule has 0 spiro atoms. The zero-order valence-electron chi connectivity index (χ0n) is 4.76. The zero-order valence-corrected chi connectivity index (χ0v) is 4.76. The second-order valence-corrected chi connectivity index (χ2v) is 1.22. The van der Waals surface area contributed by atoms with Crippen molar-refractivity contribution in [2.24, 2.45) is 5.73 Å². The highest BCUT2D eigenvalue weighted by atomic mass is 16.5. The summed E-state index contributed by atoms with van der Waals surface area (Å²) in [5, 5.41) is 0. The van der Waals surface area contributed by atoms with E-state index in [0.717, 1.165) is 0 Å². The van der Waals surface area contributed by atoms with Gasteiger partial charge in [0.2, 0.25) is 0 Å². The molecule has 0 aliphatic heterocycles. The molecule has 0 saturated carbocycles. The Morgan fingerprint density at radius 2 is 2.50 bits per heavy atom. The van der Waals surface area contributed by atoms with Gasteiger partial charge in [0.05, 0.1) is 6.26 Å². The molecule has 0 unspecified atom stereocenters. The number of carbonyl (C=O) groups excluding carboxylic acids is 1. The number of carbonyl (C=O) groups is 1. The molecule has 3 nitrogen and oxygen atoms in total. The van der Waals surface area contributed by atoms with Crippen LogP contribution >= 0.6 is 0 Å². The van der Waals surface area contributed by atoms with E-state index >= 15 is 0 Å². The molecule has 0 aromatic rings. The Morgan fingerprint density at radius 3 is 2.88 bits per heavy atom. The summed E-state index contributed by atoms with van der Waals surface area (Å²) in [7, 11) is 0. The molecule has 0 atom stereocenters. The lowest BCUT2D eigenvalue weighted by Crippen LogP contribution is -1.95. The second-order valence-electron chi connectivity index (χ2n) is 1.22. The molecule has 0 fully saturated rings. The molecule has 8 heavy (non-hydrogen) atoms. The Balaban J connectivity index is 3.16. The molecular formula is C5H9NO2. The van der Waals surface area contributed by atoms with E-state index in [4.69, 9.17) is 5.73 Å². The summed E-state index contributed by atoms with van der Waals surface area (Å²) < 4.78 is 4.38. The van der Waals surface area contributed by atoms with Gasteiger partial charge in [0, 0.05) is 13.5 Å².